The van der Waals surface area contributed by atoms with Crippen LogP contribution in [0.5, 0.6) is 0 Å². The van der Waals surface area contributed by atoms with Gasteiger partial charge in [0.05, 0.1) is 5.56 Å². The summed E-state index contributed by atoms with van der Waals surface area (Å²) in [5.74, 6) is -0.185. The molecule has 3 heteroatoms. The molecule has 0 radical (unpaired) electrons. The molecule has 0 aliphatic carbocycles. The largest absolute Gasteiger partial charge is 0.516 e. The first-order chi connectivity index (χ1) is 7.65. The zero-order chi connectivity index (χ0) is 13.3. The van der Waals surface area contributed by atoms with Gasteiger partial charge in [0.2, 0.25) is 0 Å². The van der Waals surface area contributed by atoms with Crippen molar-refractivity contribution in [2.75, 3.05) is 0 Å². The first-order valence-corrected chi connectivity index (χ1v) is 8.85. The van der Waals surface area contributed by atoms with Crippen molar-refractivity contribution in [3.63, 3.8) is 0 Å². The number of carbonyl (C=O) groups is 1. The molecule has 0 spiro atoms. The molecule has 17 heavy (non-hydrogen) atoms. The van der Waals surface area contributed by atoms with Crippen molar-refractivity contribution in [3.05, 3.63) is 35.4 Å². The number of hydrogen-bond donors (Lipinski definition) is 0. The van der Waals surface area contributed by atoms with Crippen molar-refractivity contribution >= 4 is 14.3 Å². The van der Waals surface area contributed by atoms with Crippen LogP contribution in [0, 0.1) is 6.92 Å². The molecule has 0 aliphatic rings. The van der Waals surface area contributed by atoms with Gasteiger partial charge in [0.25, 0.3) is 8.32 Å². The van der Waals surface area contributed by atoms with Crippen LogP contribution < -0.4 is 0 Å². The summed E-state index contributed by atoms with van der Waals surface area (Å²) < 4.78 is 5.77. The Bertz CT molecular complexity index is 416. The van der Waals surface area contributed by atoms with Crippen LogP contribution in [0.1, 0.15) is 36.7 Å². The Labute approximate surface area is 105 Å². The van der Waals surface area contributed by atoms with E-state index in [1.54, 1.807) is 0 Å². The van der Waals surface area contributed by atoms with Gasteiger partial charge < -0.3 is 4.43 Å². The second-order valence-corrected chi connectivity index (χ2v) is 10.7. The highest BCUT2D eigenvalue weighted by atomic mass is 28.4. The van der Waals surface area contributed by atoms with E-state index < -0.39 is 8.32 Å². The Balaban J connectivity index is 2.92. The molecule has 0 amide bonds. The lowest BCUT2D eigenvalue weighted by Gasteiger charge is -2.35. The van der Waals surface area contributed by atoms with E-state index in [2.05, 4.69) is 33.9 Å². The van der Waals surface area contributed by atoms with E-state index >= 15 is 0 Å². The number of aryl methyl sites for hydroxylation is 1. The Morgan fingerprint density at radius 1 is 1.18 bits per heavy atom. The fourth-order valence-electron chi connectivity index (χ4n) is 1.24. The molecular weight excluding hydrogens is 228 g/mol. The van der Waals surface area contributed by atoms with Crippen molar-refractivity contribution in [1.29, 1.82) is 0 Å². The maximum Gasteiger partial charge on any atom is 0.325 e. The van der Waals surface area contributed by atoms with Gasteiger partial charge in [-0.25, -0.2) is 4.79 Å². The van der Waals surface area contributed by atoms with Crippen LogP contribution in [0.4, 0.5) is 0 Å². The van der Waals surface area contributed by atoms with Gasteiger partial charge in [-0.05, 0) is 36.7 Å². The second kappa shape index (κ2) is 4.65. The molecule has 0 N–H and O–H groups in total. The second-order valence-electron chi connectivity index (χ2n) is 5.96. The molecule has 2 nitrogen and oxygen atoms in total. The molecule has 94 valence electrons. The first-order valence-electron chi connectivity index (χ1n) is 5.94. The van der Waals surface area contributed by atoms with Gasteiger partial charge in [-0.2, -0.15) is 0 Å². The third-order valence-electron chi connectivity index (χ3n) is 3.52. The van der Waals surface area contributed by atoms with Gasteiger partial charge in [0.1, 0.15) is 0 Å². The standard InChI is InChI=1S/C14H22O2Si/c1-11-9-7-8-10-12(11)13(15)16-17(5,6)14(2,3)4/h7-10H,1-6H3. The highest BCUT2D eigenvalue weighted by Gasteiger charge is 2.40. The summed E-state index contributed by atoms with van der Waals surface area (Å²) in [5.41, 5.74) is 1.65. The fraction of sp³-hybridized carbons (Fsp3) is 0.500. The van der Waals surface area contributed by atoms with Crippen molar-refractivity contribution in [2.45, 2.75) is 45.8 Å². The molecule has 0 atom stereocenters. The summed E-state index contributed by atoms with van der Waals surface area (Å²) in [7, 11) is -2.02. The molecule has 0 saturated heterocycles. The summed E-state index contributed by atoms with van der Waals surface area (Å²) in [5, 5.41) is 0.0470. The lowest BCUT2D eigenvalue weighted by Crippen LogP contribution is -2.42. The van der Waals surface area contributed by atoms with Crippen molar-refractivity contribution in [3.8, 4) is 0 Å². The number of rotatable bonds is 2. The third-order valence-corrected chi connectivity index (χ3v) is 7.83. The predicted molar refractivity (Wildman–Crippen MR) is 73.8 cm³/mol. The van der Waals surface area contributed by atoms with Crippen LogP contribution in [-0.2, 0) is 4.43 Å². The average molecular weight is 250 g/mol. The summed E-state index contributed by atoms with van der Waals surface area (Å²) in [6, 6.07) is 7.56. The molecular formula is C14H22O2Si. The van der Waals surface area contributed by atoms with E-state index in [1.807, 2.05) is 31.2 Å². The quantitative estimate of drug-likeness (QED) is 0.737. The van der Waals surface area contributed by atoms with Gasteiger partial charge in [-0.15, -0.1) is 0 Å². The monoisotopic (exact) mass is 250 g/mol. The van der Waals surface area contributed by atoms with Gasteiger partial charge in [-0.3, -0.25) is 0 Å². The minimum absolute atomic E-state index is 0.0470. The van der Waals surface area contributed by atoms with E-state index in [1.165, 1.54) is 0 Å². The van der Waals surface area contributed by atoms with Crippen LogP contribution in [-0.4, -0.2) is 14.3 Å². The van der Waals surface area contributed by atoms with Crippen LogP contribution >= 0.6 is 0 Å². The molecule has 0 bridgehead atoms. The Morgan fingerprint density at radius 2 is 1.71 bits per heavy atom. The topological polar surface area (TPSA) is 26.3 Å². The molecule has 1 aromatic rings. The van der Waals surface area contributed by atoms with E-state index in [0.29, 0.717) is 5.56 Å². The minimum atomic E-state index is -2.02. The van der Waals surface area contributed by atoms with E-state index in [0.717, 1.165) is 5.56 Å². The predicted octanol–water partition coefficient (Wildman–Crippen LogP) is 4.16. The van der Waals surface area contributed by atoms with E-state index in [-0.39, 0.29) is 11.0 Å². The maximum atomic E-state index is 12.1. The molecule has 0 heterocycles. The molecule has 0 unspecified atom stereocenters. The Hall–Kier alpha value is -1.09. The minimum Gasteiger partial charge on any atom is -0.516 e. The Morgan fingerprint density at radius 3 is 2.18 bits per heavy atom. The Kier molecular flexibility index (Phi) is 3.82. The SMILES string of the molecule is Cc1ccccc1C(=O)O[Si](C)(C)C(C)(C)C. The van der Waals surface area contributed by atoms with Crippen LogP contribution in [0.2, 0.25) is 18.1 Å². The van der Waals surface area contributed by atoms with Crippen molar-refractivity contribution in [2.24, 2.45) is 0 Å². The van der Waals surface area contributed by atoms with Gasteiger partial charge in [-0.1, -0.05) is 39.0 Å². The van der Waals surface area contributed by atoms with Gasteiger partial charge in [0.15, 0.2) is 0 Å². The van der Waals surface area contributed by atoms with Crippen molar-refractivity contribution < 1.29 is 9.22 Å². The van der Waals surface area contributed by atoms with E-state index in [4.69, 9.17) is 4.43 Å². The zero-order valence-corrected chi connectivity index (χ0v) is 12.6. The zero-order valence-electron chi connectivity index (χ0n) is 11.6. The van der Waals surface area contributed by atoms with Gasteiger partial charge >= 0.3 is 5.97 Å². The first kappa shape index (κ1) is 14.0. The average Bonchev–Trinajstić information content (AvgIpc) is 2.15. The summed E-state index contributed by atoms with van der Waals surface area (Å²) in [4.78, 5) is 12.1. The van der Waals surface area contributed by atoms with Gasteiger partial charge in [0, 0.05) is 0 Å². The molecule has 0 saturated carbocycles. The lowest BCUT2D eigenvalue weighted by molar-refractivity contribution is 0.0712. The number of hydrogen-bond acceptors (Lipinski definition) is 2. The molecule has 0 aliphatic heterocycles. The van der Waals surface area contributed by atoms with Crippen LogP contribution in [0.25, 0.3) is 0 Å². The smallest absolute Gasteiger partial charge is 0.325 e. The molecule has 0 aromatic heterocycles. The fourth-order valence-corrected chi connectivity index (χ4v) is 2.12. The summed E-state index contributed by atoms with van der Waals surface area (Å²) >= 11 is 0. The maximum absolute atomic E-state index is 12.1. The highest BCUT2D eigenvalue weighted by Crippen LogP contribution is 2.37. The van der Waals surface area contributed by atoms with Crippen molar-refractivity contribution in [1.82, 2.24) is 0 Å². The molecule has 1 aromatic carbocycles. The van der Waals surface area contributed by atoms with Crippen LogP contribution in [0.15, 0.2) is 24.3 Å². The molecule has 0 fully saturated rings. The molecule has 1 rings (SSSR count). The number of benzene rings is 1. The van der Waals surface area contributed by atoms with Crippen LogP contribution in [0.3, 0.4) is 0 Å². The number of carbonyl (C=O) groups excluding carboxylic acids is 1. The van der Waals surface area contributed by atoms with E-state index in [9.17, 15) is 4.79 Å². The normalized spacial score (nSPS) is 12.4. The summed E-state index contributed by atoms with van der Waals surface area (Å²) in [6.07, 6.45) is 0. The summed E-state index contributed by atoms with van der Waals surface area (Å²) in [6.45, 7) is 12.5. The lowest BCUT2D eigenvalue weighted by atomic mass is 10.1. The highest BCUT2D eigenvalue weighted by molar-refractivity contribution is 6.75. The third kappa shape index (κ3) is 3.19.